The zero-order valence-corrected chi connectivity index (χ0v) is 11.6. The van der Waals surface area contributed by atoms with E-state index < -0.39 is 18.0 Å². The molecule has 0 radical (unpaired) electrons. The number of anilines is 1. The van der Waals surface area contributed by atoms with Crippen LogP contribution in [0.5, 0.6) is 0 Å². The minimum atomic E-state index is -0.747. The first-order valence-corrected chi connectivity index (χ1v) is 6.19. The molecule has 8 heteroatoms. The van der Waals surface area contributed by atoms with Gasteiger partial charge in [0, 0.05) is 0 Å². The first kappa shape index (κ1) is 15.0. The molecule has 0 bridgehead atoms. The Morgan fingerprint density at radius 1 is 1.37 bits per heavy atom. The van der Waals surface area contributed by atoms with Gasteiger partial charge >= 0.3 is 12.1 Å². The molecule has 1 aromatic rings. The van der Waals surface area contributed by atoms with Crippen molar-refractivity contribution in [1.29, 1.82) is 0 Å². The van der Waals surface area contributed by atoms with Crippen molar-refractivity contribution < 1.29 is 23.9 Å². The summed E-state index contributed by atoms with van der Waals surface area (Å²) in [6.07, 6.45) is -0.747. The number of carbonyl (C=O) groups excluding carboxylic acids is 3. The Morgan fingerprint density at radius 3 is 2.47 bits per heavy atom. The molecule has 0 saturated heterocycles. The number of rotatable bonds is 4. The number of primary amides is 1. The van der Waals surface area contributed by atoms with Gasteiger partial charge in [-0.15, -0.1) is 11.3 Å². The summed E-state index contributed by atoms with van der Waals surface area (Å²) in [6.45, 7) is 3.39. The zero-order valence-electron chi connectivity index (χ0n) is 10.7. The Kier molecular flexibility index (Phi) is 4.87. The average molecular weight is 286 g/mol. The molecule has 0 unspecified atom stereocenters. The number of esters is 1. The van der Waals surface area contributed by atoms with Crippen molar-refractivity contribution in [2.75, 3.05) is 19.0 Å². The third-order valence-electron chi connectivity index (χ3n) is 2.25. The van der Waals surface area contributed by atoms with Crippen LogP contribution in [-0.2, 0) is 9.47 Å². The van der Waals surface area contributed by atoms with Crippen molar-refractivity contribution >= 4 is 34.3 Å². The molecule has 19 heavy (non-hydrogen) atoms. The zero-order chi connectivity index (χ0) is 14.6. The summed E-state index contributed by atoms with van der Waals surface area (Å²) < 4.78 is 9.33. The smallest absolute Gasteiger partial charge is 0.411 e. The summed E-state index contributed by atoms with van der Waals surface area (Å²) in [5.41, 5.74) is 5.70. The lowest BCUT2D eigenvalue weighted by molar-refractivity contribution is 0.0527. The Labute approximate surface area is 113 Å². The van der Waals surface area contributed by atoms with E-state index in [1.54, 1.807) is 13.8 Å². The fraction of sp³-hybridized carbons (Fsp3) is 0.364. The molecule has 0 saturated carbocycles. The fourth-order valence-corrected chi connectivity index (χ4v) is 2.46. The number of ether oxygens (including phenoxy) is 2. The Hall–Kier alpha value is -2.09. The standard InChI is InChI=1S/C11H14N2O5S/c1-4-18-10(15)6-5(2)7(8(12)14)19-9(6)13-11(16)17-3/h4H2,1-3H3,(H2,12,14)(H,13,16). The second-order valence-corrected chi connectivity index (χ2v) is 4.48. The highest BCUT2D eigenvalue weighted by Gasteiger charge is 2.25. The Balaban J connectivity index is 3.26. The van der Waals surface area contributed by atoms with Crippen LogP contribution >= 0.6 is 11.3 Å². The second kappa shape index (κ2) is 6.19. The van der Waals surface area contributed by atoms with Gasteiger partial charge in [0.1, 0.15) is 5.00 Å². The van der Waals surface area contributed by atoms with Crippen LogP contribution in [0.1, 0.15) is 32.5 Å². The summed E-state index contributed by atoms with van der Waals surface area (Å²) in [5.74, 6) is -1.30. The molecule has 7 nitrogen and oxygen atoms in total. The van der Waals surface area contributed by atoms with E-state index in [-0.39, 0.29) is 22.0 Å². The van der Waals surface area contributed by atoms with Gasteiger partial charge in [-0.05, 0) is 19.4 Å². The van der Waals surface area contributed by atoms with Gasteiger partial charge in [0.25, 0.3) is 5.91 Å². The number of carbonyl (C=O) groups is 3. The number of methoxy groups -OCH3 is 1. The molecular weight excluding hydrogens is 272 g/mol. The maximum atomic E-state index is 11.8. The van der Waals surface area contributed by atoms with Crippen LogP contribution in [0.4, 0.5) is 9.80 Å². The van der Waals surface area contributed by atoms with Crippen molar-refractivity contribution in [1.82, 2.24) is 0 Å². The summed E-state index contributed by atoms with van der Waals surface area (Å²) in [7, 11) is 1.19. The molecule has 2 amide bonds. The lowest BCUT2D eigenvalue weighted by atomic mass is 10.1. The maximum absolute atomic E-state index is 11.8. The van der Waals surface area contributed by atoms with Crippen LogP contribution in [0.2, 0.25) is 0 Å². The van der Waals surface area contributed by atoms with E-state index in [2.05, 4.69) is 10.1 Å². The van der Waals surface area contributed by atoms with Gasteiger partial charge in [-0.25, -0.2) is 9.59 Å². The highest BCUT2D eigenvalue weighted by Crippen LogP contribution is 2.33. The third-order valence-corrected chi connectivity index (χ3v) is 3.47. The first-order chi connectivity index (χ1) is 8.92. The van der Waals surface area contributed by atoms with Crippen molar-refractivity contribution in [2.45, 2.75) is 13.8 Å². The van der Waals surface area contributed by atoms with Crippen LogP contribution < -0.4 is 11.1 Å². The number of thiophene rings is 1. The van der Waals surface area contributed by atoms with E-state index in [1.165, 1.54) is 7.11 Å². The minimum Gasteiger partial charge on any atom is -0.462 e. The quantitative estimate of drug-likeness (QED) is 0.816. The van der Waals surface area contributed by atoms with Crippen LogP contribution in [0.3, 0.4) is 0 Å². The topological polar surface area (TPSA) is 108 Å². The maximum Gasteiger partial charge on any atom is 0.411 e. The molecule has 0 aromatic carbocycles. The van der Waals surface area contributed by atoms with E-state index >= 15 is 0 Å². The molecule has 1 heterocycles. The normalized spacial score (nSPS) is 9.84. The predicted octanol–water partition coefficient (Wildman–Crippen LogP) is 1.51. The third kappa shape index (κ3) is 3.22. The largest absolute Gasteiger partial charge is 0.462 e. The molecule has 1 rings (SSSR count). The van der Waals surface area contributed by atoms with Crippen molar-refractivity contribution in [3.63, 3.8) is 0 Å². The van der Waals surface area contributed by atoms with Gasteiger partial charge in [-0.2, -0.15) is 0 Å². The molecular formula is C11H14N2O5S. The first-order valence-electron chi connectivity index (χ1n) is 5.37. The van der Waals surface area contributed by atoms with E-state index in [1.807, 2.05) is 0 Å². The number of hydrogen-bond acceptors (Lipinski definition) is 6. The second-order valence-electron chi connectivity index (χ2n) is 3.46. The van der Waals surface area contributed by atoms with E-state index in [4.69, 9.17) is 10.5 Å². The van der Waals surface area contributed by atoms with Gasteiger partial charge in [0.15, 0.2) is 0 Å². The lowest BCUT2D eigenvalue weighted by Gasteiger charge is -2.05. The van der Waals surface area contributed by atoms with Crippen LogP contribution in [0.25, 0.3) is 0 Å². The SMILES string of the molecule is CCOC(=O)c1c(NC(=O)OC)sc(C(N)=O)c1C. The Morgan fingerprint density at radius 2 is 2.00 bits per heavy atom. The molecule has 0 aliphatic heterocycles. The van der Waals surface area contributed by atoms with Gasteiger partial charge in [0.05, 0.1) is 24.2 Å². The van der Waals surface area contributed by atoms with Gasteiger partial charge in [-0.1, -0.05) is 0 Å². The van der Waals surface area contributed by atoms with E-state index in [0.29, 0.717) is 5.56 Å². The molecule has 1 aromatic heterocycles. The van der Waals surface area contributed by atoms with Crippen molar-refractivity contribution in [3.05, 3.63) is 16.0 Å². The molecule has 3 N–H and O–H groups in total. The van der Waals surface area contributed by atoms with Gasteiger partial charge in [0.2, 0.25) is 0 Å². The van der Waals surface area contributed by atoms with Crippen LogP contribution in [-0.4, -0.2) is 31.7 Å². The van der Waals surface area contributed by atoms with Crippen molar-refractivity contribution in [2.24, 2.45) is 5.73 Å². The number of hydrogen-bond donors (Lipinski definition) is 2. The highest BCUT2D eigenvalue weighted by molar-refractivity contribution is 7.18. The predicted molar refractivity (Wildman–Crippen MR) is 69.6 cm³/mol. The molecule has 0 aliphatic carbocycles. The van der Waals surface area contributed by atoms with E-state index in [0.717, 1.165) is 11.3 Å². The number of nitrogens with two attached hydrogens (primary N) is 1. The monoisotopic (exact) mass is 286 g/mol. The molecule has 0 spiro atoms. The lowest BCUT2D eigenvalue weighted by Crippen LogP contribution is -2.14. The number of nitrogens with one attached hydrogen (secondary N) is 1. The van der Waals surface area contributed by atoms with Gasteiger partial charge < -0.3 is 15.2 Å². The molecule has 0 aliphatic rings. The number of amides is 2. The summed E-state index contributed by atoms with van der Waals surface area (Å²) in [4.78, 5) is 34.5. The fourth-order valence-electron chi connectivity index (χ4n) is 1.43. The minimum absolute atomic E-state index is 0.117. The summed E-state index contributed by atoms with van der Waals surface area (Å²) >= 11 is 0.905. The van der Waals surface area contributed by atoms with Crippen LogP contribution in [0.15, 0.2) is 0 Å². The van der Waals surface area contributed by atoms with E-state index in [9.17, 15) is 14.4 Å². The molecule has 104 valence electrons. The Bertz CT molecular complexity index is 523. The van der Waals surface area contributed by atoms with Crippen molar-refractivity contribution in [3.8, 4) is 0 Å². The van der Waals surface area contributed by atoms with Gasteiger partial charge in [-0.3, -0.25) is 10.1 Å². The summed E-state index contributed by atoms with van der Waals surface area (Å²) in [5, 5.41) is 2.54. The summed E-state index contributed by atoms with van der Waals surface area (Å²) in [6, 6.07) is 0. The van der Waals surface area contributed by atoms with Crippen LogP contribution in [0, 0.1) is 6.92 Å². The molecule has 0 fully saturated rings. The average Bonchev–Trinajstić information content (AvgIpc) is 2.66. The molecule has 0 atom stereocenters. The highest BCUT2D eigenvalue weighted by atomic mass is 32.1.